The van der Waals surface area contributed by atoms with Crippen molar-refractivity contribution in [3.63, 3.8) is 0 Å². The van der Waals surface area contributed by atoms with E-state index in [2.05, 4.69) is 5.32 Å². The van der Waals surface area contributed by atoms with Crippen LogP contribution in [0.3, 0.4) is 0 Å². The highest BCUT2D eigenvalue weighted by molar-refractivity contribution is 6.45. The lowest BCUT2D eigenvalue weighted by atomic mass is 9.86. The summed E-state index contributed by atoms with van der Waals surface area (Å²) < 4.78 is 7.43. The number of nitrogens with one attached hydrogen (secondary N) is 1. The van der Waals surface area contributed by atoms with E-state index in [0.717, 1.165) is 16.6 Å². The molecule has 0 spiro atoms. The molecule has 162 valence electrons. The van der Waals surface area contributed by atoms with Crippen molar-refractivity contribution in [3.8, 4) is 0 Å². The Morgan fingerprint density at radius 1 is 1.23 bits per heavy atom. The van der Waals surface area contributed by atoms with Crippen LogP contribution in [-0.2, 0) is 23.7 Å². The van der Waals surface area contributed by atoms with Gasteiger partial charge in [0.25, 0.3) is 5.91 Å². The molecule has 1 atom stereocenters. The fraction of sp³-hybridized carbons (Fsp3) is 0.304. The number of carbonyl (C=O) groups is 2. The van der Waals surface area contributed by atoms with Crippen LogP contribution in [0.25, 0.3) is 10.9 Å². The average molecular weight is 461 g/mol. The largest absolute Gasteiger partial charge is 0.478 e. The molecule has 31 heavy (non-hydrogen) atoms. The van der Waals surface area contributed by atoms with Gasteiger partial charge >= 0.3 is 5.97 Å². The molecule has 1 aliphatic heterocycles. The minimum absolute atomic E-state index is 0.267. The number of carboxylic acids is 1. The van der Waals surface area contributed by atoms with Crippen molar-refractivity contribution in [2.75, 3.05) is 13.2 Å². The number of amides is 1. The Bertz CT molecular complexity index is 1200. The number of benzene rings is 2. The summed E-state index contributed by atoms with van der Waals surface area (Å²) in [5, 5.41) is 14.1. The molecule has 1 amide bonds. The Kier molecular flexibility index (Phi) is 5.73. The number of carbonyl (C=O) groups excluding carboxylic acids is 1. The maximum atomic E-state index is 13.3. The third-order valence-corrected chi connectivity index (χ3v) is 6.81. The van der Waals surface area contributed by atoms with Gasteiger partial charge in [-0.1, -0.05) is 42.3 Å². The summed E-state index contributed by atoms with van der Waals surface area (Å²) in [6.45, 7) is 2.72. The van der Waals surface area contributed by atoms with Gasteiger partial charge in [-0.3, -0.25) is 4.79 Å². The number of aryl methyl sites for hydroxylation is 2. The lowest BCUT2D eigenvalue weighted by Gasteiger charge is -2.30. The number of fused-ring (bicyclic) bond motifs is 1. The summed E-state index contributed by atoms with van der Waals surface area (Å²) >= 11 is 12.5. The minimum Gasteiger partial charge on any atom is -0.478 e. The van der Waals surface area contributed by atoms with Crippen LogP contribution in [0.1, 0.15) is 45.3 Å². The summed E-state index contributed by atoms with van der Waals surface area (Å²) in [6, 6.07) is 10.5. The van der Waals surface area contributed by atoms with Gasteiger partial charge in [-0.15, -0.1) is 0 Å². The van der Waals surface area contributed by atoms with E-state index >= 15 is 0 Å². The molecule has 1 saturated heterocycles. The van der Waals surface area contributed by atoms with Gasteiger partial charge in [0, 0.05) is 31.0 Å². The van der Waals surface area contributed by atoms with E-state index in [9.17, 15) is 14.7 Å². The van der Waals surface area contributed by atoms with Crippen LogP contribution in [0, 0.1) is 0 Å². The van der Waals surface area contributed by atoms with Crippen molar-refractivity contribution in [3.05, 3.63) is 68.8 Å². The molecule has 0 radical (unpaired) electrons. The van der Waals surface area contributed by atoms with Gasteiger partial charge in [-0.25, -0.2) is 4.79 Å². The molecule has 1 aliphatic rings. The Balaban J connectivity index is 1.73. The van der Waals surface area contributed by atoms with E-state index < -0.39 is 11.5 Å². The lowest BCUT2D eigenvalue weighted by molar-refractivity contribution is 0.0694. The van der Waals surface area contributed by atoms with E-state index in [4.69, 9.17) is 27.9 Å². The summed E-state index contributed by atoms with van der Waals surface area (Å²) in [5.74, 6) is -1.23. The SMILES string of the molecule is CCc1cc(C2(NC(=O)c3cc4c(Cl)c(Cl)ccc4n3C)CCOC2)ccc1C(=O)O. The zero-order valence-corrected chi connectivity index (χ0v) is 18.7. The highest BCUT2D eigenvalue weighted by Crippen LogP contribution is 2.35. The number of ether oxygens (including phenoxy) is 1. The lowest BCUT2D eigenvalue weighted by Crippen LogP contribution is -2.47. The smallest absolute Gasteiger partial charge is 0.335 e. The van der Waals surface area contributed by atoms with E-state index in [1.54, 1.807) is 35.9 Å². The molecule has 1 aromatic heterocycles. The zero-order chi connectivity index (χ0) is 22.3. The van der Waals surface area contributed by atoms with Crippen molar-refractivity contribution in [1.29, 1.82) is 0 Å². The number of nitrogens with zero attached hydrogens (tertiary/aromatic N) is 1. The quantitative estimate of drug-likeness (QED) is 0.573. The molecule has 1 unspecified atom stereocenters. The molecule has 6 nitrogen and oxygen atoms in total. The van der Waals surface area contributed by atoms with Crippen molar-refractivity contribution in [1.82, 2.24) is 9.88 Å². The molecule has 0 saturated carbocycles. The minimum atomic E-state index is -0.963. The van der Waals surface area contributed by atoms with Crippen LogP contribution in [0.5, 0.6) is 0 Å². The Morgan fingerprint density at radius 3 is 2.65 bits per heavy atom. The van der Waals surface area contributed by atoms with Crippen LogP contribution in [-0.4, -0.2) is 34.8 Å². The second-order valence-corrected chi connectivity index (χ2v) is 8.54. The topological polar surface area (TPSA) is 80.6 Å². The number of hydrogen-bond acceptors (Lipinski definition) is 3. The number of halogens is 2. The van der Waals surface area contributed by atoms with Gasteiger partial charge < -0.3 is 19.7 Å². The van der Waals surface area contributed by atoms with Crippen molar-refractivity contribution in [2.24, 2.45) is 7.05 Å². The number of rotatable bonds is 5. The van der Waals surface area contributed by atoms with Gasteiger partial charge in [0.2, 0.25) is 0 Å². The van der Waals surface area contributed by atoms with Crippen molar-refractivity contribution >= 4 is 46.0 Å². The summed E-state index contributed by atoms with van der Waals surface area (Å²) in [5.41, 5.74) is 2.33. The number of aromatic carboxylic acids is 1. The Hall–Kier alpha value is -2.54. The van der Waals surface area contributed by atoms with E-state index in [1.165, 1.54) is 0 Å². The molecule has 1 fully saturated rings. The fourth-order valence-electron chi connectivity index (χ4n) is 4.20. The molecule has 2 heterocycles. The van der Waals surface area contributed by atoms with Crippen LogP contribution >= 0.6 is 23.2 Å². The molecule has 2 N–H and O–H groups in total. The molecular weight excluding hydrogens is 439 g/mol. The molecular formula is C23H22Cl2N2O4. The van der Waals surface area contributed by atoms with E-state index in [-0.39, 0.29) is 11.5 Å². The average Bonchev–Trinajstić information content (AvgIpc) is 3.36. The van der Waals surface area contributed by atoms with Crippen LogP contribution in [0.15, 0.2) is 36.4 Å². The molecule has 3 aromatic rings. The van der Waals surface area contributed by atoms with Crippen LogP contribution in [0.4, 0.5) is 0 Å². The molecule has 0 bridgehead atoms. The second-order valence-electron chi connectivity index (χ2n) is 7.75. The summed E-state index contributed by atoms with van der Waals surface area (Å²) in [7, 11) is 1.80. The summed E-state index contributed by atoms with van der Waals surface area (Å²) in [6.07, 6.45) is 1.16. The van der Waals surface area contributed by atoms with Gasteiger partial charge in [-0.05, 0) is 41.8 Å². The second kappa shape index (κ2) is 8.19. The normalized spacial score (nSPS) is 18.5. The maximum Gasteiger partial charge on any atom is 0.335 e. The van der Waals surface area contributed by atoms with Crippen LogP contribution in [0.2, 0.25) is 10.0 Å². The molecule has 8 heteroatoms. The highest BCUT2D eigenvalue weighted by Gasteiger charge is 2.39. The first-order chi connectivity index (χ1) is 14.8. The first-order valence-electron chi connectivity index (χ1n) is 9.98. The zero-order valence-electron chi connectivity index (χ0n) is 17.2. The van der Waals surface area contributed by atoms with Crippen molar-refractivity contribution in [2.45, 2.75) is 25.3 Å². The third-order valence-electron chi connectivity index (χ3n) is 5.99. The molecule has 2 aromatic carbocycles. The first-order valence-corrected chi connectivity index (χ1v) is 10.7. The number of carboxylic acid groups (broad SMARTS) is 1. The van der Waals surface area contributed by atoms with Gasteiger partial charge in [0.05, 0.1) is 27.8 Å². The van der Waals surface area contributed by atoms with Crippen molar-refractivity contribution < 1.29 is 19.4 Å². The van der Waals surface area contributed by atoms with Gasteiger partial charge in [0.15, 0.2) is 0 Å². The van der Waals surface area contributed by atoms with E-state index in [0.29, 0.717) is 47.2 Å². The molecule has 0 aliphatic carbocycles. The predicted molar refractivity (Wildman–Crippen MR) is 120 cm³/mol. The monoisotopic (exact) mass is 460 g/mol. The number of hydrogen-bond donors (Lipinski definition) is 2. The van der Waals surface area contributed by atoms with E-state index in [1.807, 2.05) is 19.1 Å². The maximum absolute atomic E-state index is 13.3. The highest BCUT2D eigenvalue weighted by atomic mass is 35.5. The number of aromatic nitrogens is 1. The van der Waals surface area contributed by atoms with Crippen LogP contribution < -0.4 is 5.32 Å². The van der Waals surface area contributed by atoms with Gasteiger partial charge in [-0.2, -0.15) is 0 Å². The third kappa shape index (κ3) is 3.69. The Labute approximate surface area is 189 Å². The Morgan fingerprint density at radius 2 is 2.00 bits per heavy atom. The predicted octanol–water partition coefficient (Wildman–Crippen LogP) is 4.79. The fourth-order valence-corrected chi connectivity index (χ4v) is 4.58. The van der Waals surface area contributed by atoms with Gasteiger partial charge in [0.1, 0.15) is 5.69 Å². The standard InChI is InChI=1S/C23H22Cl2N2O4/c1-3-13-10-14(4-5-15(13)22(29)30)23(8-9-31-12-23)26-21(28)19-11-16-18(27(19)2)7-6-17(24)20(16)25/h4-7,10-11H,3,8-9,12H2,1-2H3,(H,26,28)(H,29,30). The summed E-state index contributed by atoms with van der Waals surface area (Å²) in [4.78, 5) is 24.9. The molecule has 4 rings (SSSR count). The first kappa shape index (κ1) is 21.7.